The summed E-state index contributed by atoms with van der Waals surface area (Å²) in [6.07, 6.45) is 8.12. The molecule has 0 radical (unpaired) electrons. The average molecular weight is 401 g/mol. The molecule has 1 fully saturated rings. The lowest BCUT2D eigenvalue weighted by Gasteiger charge is -2.47. The fraction of sp³-hybridized carbons (Fsp3) is 0.368. The van der Waals surface area contributed by atoms with Gasteiger partial charge in [0.25, 0.3) is 0 Å². The summed E-state index contributed by atoms with van der Waals surface area (Å²) < 4.78 is 25.2. The zero-order valence-corrected chi connectivity index (χ0v) is 16.8. The Morgan fingerprint density at radius 3 is 2.81 bits per heavy atom. The van der Waals surface area contributed by atoms with Gasteiger partial charge in [-0.05, 0) is 38.0 Å². The van der Waals surface area contributed by atoms with Crippen LogP contribution < -0.4 is 5.73 Å². The van der Waals surface area contributed by atoms with Crippen molar-refractivity contribution in [1.29, 1.82) is 0 Å². The Balaban J connectivity index is 1.67. The number of thioether (sulfide) groups is 1. The fourth-order valence-corrected chi connectivity index (χ4v) is 8.25. The predicted octanol–water partition coefficient (Wildman–Crippen LogP) is 2.08. The molecule has 0 saturated carbocycles. The second-order valence-electron chi connectivity index (χ2n) is 7.33. The molecule has 4 rings (SSSR count). The average Bonchev–Trinajstić information content (AvgIpc) is 3.03. The van der Waals surface area contributed by atoms with Crippen molar-refractivity contribution in [2.24, 2.45) is 10.7 Å². The molecule has 140 valence electrons. The SMILES string of the molecule is CC#Cc1cncc(-n2ccc(C3(C)CC4(CS(=O)(=O)C4)SC(N)=N3)c2)c1. The van der Waals surface area contributed by atoms with Crippen molar-refractivity contribution < 1.29 is 8.42 Å². The third kappa shape index (κ3) is 3.37. The van der Waals surface area contributed by atoms with Gasteiger partial charge in [-0.15, -0.1) is 5.92 Å². The van der Waals surface area contributed by atoms with Crippen molar-refractivity contribution in [2.45, 2.75) is 30.6 Å². The highest BCUT2D eigenvalue weighted by molar-refractivity contribution is 8.17. The van der Waals surface area contributed by atoms with Crippen molar-refractivity contribution in [2.75, 3.05) is 11.5 Å². The Labute approximate surface area is 163 Å². The minimum Gasteiger partial charge on any atom is -0.378 e. The van der Waals surface area contributed by atoms with Gasteiger partial charge >= 0.3 is 0 Å². The van der Waals surface area contributed by atoms with Gasteiger partial charge in [-0.3, -0.25) is 9.98 Å². The first-order chi connectivity index (χ1) is 12.7. The monoisotopic (exact) mass is 400 g/mol. The van der Waals surface area contributed by atoms with Crippen LogP contribution >= 0.6 is 11.8 Å². The van der Waals surface area contributed by atoms with Gasteiger partial charge in [-0.1, -0.05) is 17.7 Å². The Kier molecular flexibility index (Phi) is 4.13. The van der Waals surface area contributed by atoms with Gasteiger partial charge in [0, 0.05) is 24.2 Å². The van der Waals surface area contributed by atoms with Gasteiger partial charge in [0.15, 0.2) is 15.0 Å². The number of aliphatic imine (C=N–C) groups is 1. The summed E-state index contributed by atoms with van der Waals surface area (Å²) in [6, 6.07) is 3.98. The molecule has 1 unspecified atom stereocenters. The van der Waals surface area contributed by atoms with E-state index in [4.69, 9.17) is 5.73 Å². The molecule has 1 atom stereocenters. The topological polar surface area (TPSA) is 90.3 Å². The fourth-order valence-electron chi connectivity index (χ4n) is 3.94. The van der Waals surface area contributed by atoms with Crippen LogP contribution in [0.15, 0.2) is 41.9 Å². The number of amidine groups is 1. The quantitative estimate of drug-likeness (QED) is 0.780. The van der Waals surface area contributed by atoms with Crippen molar-refractivity contribution in [3.8, 4) is 17.5 Å². The maximum absolute atomic E-state index is 11.8. The van der Waals surface area contributed by atoms with Crippen LogP contribution in [0.4, 0.5) is 0 Å². The number of pyridine rings is 1. The zero-order valence-electron chi connectivity index (χ0n) is 15.1. The van der Waals surface area contributed by atoms with E-state index in [9.17, 15) is 8.42 Å². The molecule has 0 bridgehead atoms. The van der Waals surface area contributed by atoms with E-state index in [1.54, 1.807) is 19.3 Å². The van der Waals surface area contributed by atoms with E-state index in [-0.39, 0.29) is 16.3 Å². The smallest absolute Gasteiger partial charge is 0.155 e. The number of hydrogen-bond acceptors (Lipinski definition) is 6. The van der Waals surface area contributed by atoms with Crippen molar-refractivity contribution in [1.82, 2.24) is 9.55 Å². The highest BCUT2D eigenvalue weighted by Crippen LogP contribution is 2.50. The summed E-state index contributed by atoms with van der Waals surface area (Å²) >= 11 is 1.40. The number of nitrogens with zero attached hydrogens (tertiary/aromatic N) is 3. The summed E-state index contributed by atoms with van der Waals surface area (Å²) in [5.41, 5.74) is 8.29. The number of nitrogens with two attached hydrogens (primary N) is 1. The van der Waals surface area contributed by atoms with Crippen LogP contribution in [0.25, 0.3) is 5.69 Å². The van der Waals surface area contributed by atoms with Crippen LogP contribution in [-0.4, -0.2) is 39.4 Å². The van der Waals surface area contributed by atoms with Crippen molar-refractivity contribution >= 4 is 26.8 Å². The first-order valence-electron chi connectivity index (χ1n) is 8.54. The van der Waals surface area contributed by atoms with E-state index >= 15 is 0 Å². The number of sulfone groups is 1. The molecule has 27 heavy (non-hydrogen) atoms. The number of rotatable bonds is 2. The van der Waals surface area contributed by atoms with Crippen LogP contribution in [0.3, 0.4) is 0 Å². The maximum atomic E-state index is 11.8. The zero-order chi connectivity index (χ0) is 19.3. The molecule has 1 spiro atoms. The molecule has 2 aliphatic rings. The molecule has 0 aliphatic carbocycles. The molecule has 2 aliphatic heterocycles. The highest BCUT2D eigenvalue weighted by atomic mass is 32.2. The van der Waals surface area contributed by atoms with Gasteiger partial charge in [-0.2, -0.15) is 0 Å². The lowest BCUT2D eigenvalue weighted by Crippen LogP contribution is -2.58. The van der Waals surface area contributed by atoms with E-state index in [1.165, 1.54) is 11.8 Å². The van der Waals surface area contributed by atoms with E-state index in [2.05, 4.69) is 21.8 Å². The molecule has 8 heteroatoms. The van der Waals surface area contributed by atoms with E-state index in [1.807, 2.05) is 36.0 Å². The van der Waals surface area contributed by atoms with Crippen LogP contribution in [0.5, 0.6) is 0 Å². The van der Waals surface area contributed by atoms with Crippen molar-refractivity contribution in [3.63, 3.8) is 0 Å². The summed E-state index contributed by atoms with van der Waals surface area (Å²) in [5, 5.41) is 0.452. The Morgan fingerprint density at radius 2 is 2.11 bits per heavy atom. The van der Waals surface area contributed by atoms with E-state index in [0.717, 1.165) is 16.8 Å². The molecular formula is C19H20N4O2S2. The molecule has 2 N–H and O–H groups in total. The summed E-state index contributed by atoms with van der Waals surface area (Å²) in [5.74, 6) is 6.22. The third-order valence-electron chi connectivity index (χ3n) is 4.92. The van der Waals surface area contributed by atoms with Crippen LogP contribution in [0.1, 0.15) is 31.4 Å². The lowest BCUT2D eigenvalue weighted by molar-refractivity contribution is 0.388. The second kappa shape index (κ2) is 6.14. The molecular weight excluding hydrogens is 380 g/mol. The summed E-state index contributed by atoms with van der Waals surface area (Å²) in [4.78, 5) is 8.93. The highest BCUT2D eigenvalue weighted by Gasteiger charge is 2.55. The predicted molar refractivity (Wildman–Crippen MR) is 109 cm³/mol. The molecule has 6 nitrogen and oxygen atoms in total. The van der Waals surface area contributed by atoms with Crippen LogP contribution in [0, 0.1) is 11.8 Å². The lowest BCUT2D eigenvalue weighted by atomic mass is 9.85. The van der Waals surface area contributed by atoms with E-state index < -0.39 is 15.4 Å². The normalized spacial score (nSPS) is 25.2. The van der Waals surface area contributed by atoms with Gasteiger partial charge in [0.2, 0.25) is 0 Å². The largest absolute Gasteiger partial charge is 0.378 e. The number of hydrogen-bond donors (Lipinski definition) is 1. The maximum Gasteiger partial charge on any atom is 0.155 e. The first kappa shape index (κ1) is 18.1. The third-order valence-corrected chi connectivity index (χ3v) is 8.43. The molecule has 2 aromatic heterocycles. The van der Waals surface area contributed by atoms with Crippen LogP contribution in [-0.2, 0) is 15.4 Å². The van der Waals surface area contributed by atoms with Crippen molar-refractivity contribution in [3.05, 3.63) is 48.0 Å². The van der Waals surface area contributed by atoms with Gasteiger partial charge < -0.3 is 10.3 Å². The summed E-state index contributed by atoms with van der Waals surface area (Å²) in [7, 11) is -2.95. The Morgan fingerprint density at radius 1 is 1.33 bits per heavy atom. The molecule has 0 amide bonds. The molecule has 2 aromatic rings. The van der Waals surface area contributed by atoms with Gasteiger partial charge in [0.05, 0.1) is 33.7 Å². The number of aromatic nitrogens is 2. The minimum atomic E-state index is -2.95. The second-order valence-corrected chi connectivity index (χ2v) is 10.9. The van der Waals surface area contributed by atoms with Gasteiger partial charge in [-0.25, -0.2) is 8.42 Å². The standard InChI is InChI=1S/C19H20N4O2S2/c1-3-4-14-7-16(9-21-8-14)23-6-5-15(10-23)18(2)11-19(26-17(20)22-18)12-27(24,25)13-19/h5-10H,11-13H2,1-2H3,(H2,20,22). The molecule has 0 aromatic carbocycles. The molecule has 1 saturated heterocycles. The first-order valence-corrected chi connectivity index (χ1v) is 11.2. The van der Waals surface area contributed by atoms with E-state index in [0.29, 0.717) is 11.6 Å². The Hall–Kier alpha value is -2.24. The molecule has 4 heterocycles. The Bertz CT molecular complexity index is 1100. The minimum absolute atomic E-state index is 0.166. The van der Waals surface area contributed by atoms with Gasteiger partial charge in [0.1, 0.15) is 0 Å². The van der Waals surface area contributed by atoms with Crippen LogP contribution in [0.2, 0.25) is 0 Å². The summed E-state index contributed by atoms with van der Waals surface area (Å²) in [6.45, 7) is 3.81.